The lowest BCUT2D eigenvalue weighted by Gasteiger charge is -2.18. The minimum absolute atomic E-state index is 0.311. The van der Waals surface area contributed by atoms with Gasteiger partial charge in [0.1, 0.15) is 5.82 Å². The van der Waals surface area contributed by atoms with Crippen LogP contribution < -0.4 is 5.32 Å². The summed E-state index contributed by atoms with van der Waals surface area (Å²) in [4.78, 5) is 4.74. The summed E-state index contributed by atoms with van der Waals surface area (Å²) in [5.74, 6) is 1.13. The molecule has 1 N–H and O–H groups in total. The molecule has 20 heavy (non-hydrogen) atoms. The van der Waals surface area contributed by atoms with E-state index in [1.54, 1.807) is 7.11 Å². The zero-order valence-electron chi connectivity index (χ0n) is 12.9. The van der Waals surface area contributed by atoms with Crippen LogP contribution in [0.5, 0.6) is 0 Å². The number of methoxy groups -OCH3 is 1. The summed E-state index contributed by atoms with van der Waals surface area (Å²) in [6, 6.07) is 8.72. The molecule has 1 aromatic heterocycles. The minimum atomic E-state index is 0.311. The molecule has 0 saturated heterocycles. The molecule has 4 nitrogen and oxygen atoms in total. The highest BCUT2D eigenvalue weighted by Gasteiger charge is 2.14. The maximum absolute atomic E-state index is 5.32. The van der Waals surface area contributed by atoms with Crippen molar-refractivity contribution in [2.24, 2.45) is 7.05 Å². The molecular weight excluding hydrogens is 250 g/mol. The van der Waals surface area contributed by atoms with Crippen LogP contribution in [-0.2, 0) is 18.2 Å². The Balaban J connectivity index is 2.07. The first-order valence-electron chi connectivity index (χ1n) is 7.26. The van der Waals surface area contributed by atoms with E-state index < -0.39 is 0 Å². The fourth-order valence-electron chi connectivity index (χ4n) is 2.50. The summed E-state index contributed by atoms with van der Waals surface area (Å²) in [6.07, 6.45) is 3.41. The predicted molar refractivity (Wildman–Crippen MR) is 83.0 cm³/mol. The smallest absolute Gasteiger partial charge is 0.111 e. The molecule has 2 rings (SSSR count). The lowest BCUT2D eigenvalue weighted by Crippen LogP contribution is -2.29. The molecule has 0 radical (unpaired) electrons. The maximum Gasteiger partial charge on any atom is 0.111 e. The number of hydrogen-bond donors (Lipinski definition) is 1. The van der Waals surface area contributed by atoms with E-state index in [-0.39, 0.29) is 0 Å². The summed E-state index contributed by atoms with van der Waals surface area (Å²) in [6.45, 7) is 2.11. The second kappa shape index (κ2) is 6.86. The Kier molecular flexibility index (Phi) is 5.15. The molecule has 0 aliphatic heterocycles. The van der Waals surface area contributed by atoms with Gasteiger partial charge in [0.2, 0.25) is 0 Å². The summed E-state index contributed by atoms with van der Waals surface area (Å²) in [7, 11) is 5.88. The number of para-hydroxylation sites is 2. The van der Waals surface area contributed by atoms with E-state index in [9.17, 15) is 0 Å². The van der Waals surface area contributed by atoms with Gasteiger partial charge in [0, 0.05) is 26.6 Å². The number of hydrogen-bond acceptors (Lipinski definition) is 3. The van der Waals surface area contributed by atoms with Gasteiger partial charge in [0.25, 0.3) is 0 Å². The number of benzene rings is 1. The first kappa shape index (κ1) is 15.0. The molecule has 0 aliphatic carbocycles. The van der Waals surface area contributed by atoms with Gasteiger partial charge in [-0.2, -0.15) is 0 Å². The number of fused-ring (bicyclic) bond motifs is 1. The minimum Gasteiger partial charge on any atom is -0.382 e. The highest BCUT2D eigenvalue weighted by Crippen LogP contribution is 2.16. The average Bonchev–Trinajstić information content (AvgIpc) is 2.79. The molecule has 4 heteroatoms. The van der Waals surface area contributed by atoms with Gasteiger partial charge in [0.05, 0.1) is 17.1 Å². The molecule has 1 heterocycles. The van der Waals surface area contributed by atoms with Crippen molar-refractivity contribution in [2.45, 2.75) is 38.3 Å². The quantitative estimate of drug-likeness (QED) is 0.844. The number of aryl methyl sites for hydroxylation is 1. The molecule has 0 fully saturated rings. The number of aromatic nitrogens is 2. The Morgan fingerprint density at radius 2 is 2.05 bits per heavy atom. The molecule has 2 aromatic rings. The van der Waals surface area contributed by atoms with Crippen LogP contribution in [0, 0.1) is 0 Å². The third-order valence-corrected chi connectivity index (χ3v) is 4.04. The van der Waals surface area contributed by atoms with Crippen molar-refractivity contribution in [1.82, 2.24) is 14.9 Å². The Bertz CT molecular complexity index is 550. The van der Waals surface area contributed by atoms with E-state index in [4.69, 9.17) is 9.72 Å². The van der Waals surface area contributed by atoms with Gasteiger partial charge in [-0.25, -0.2) is 4.98 Å². The molecule has 1 aromatic carbocycles. The molecule has 110 valence electrons. The van der Waals surface area contributed by atoms with E-state index in [2.05, 4.69) is 42.1 Å². The fourth-order valence-corrected chi connectivity index (χ4v) is 2.50. The first-order chi connectivity index (χ1) is 9.65. The number of ether oxygens (including phenoxy) is 1. The highest BCUT2D eigenvalue weighted by atomic mass is 16.5. The molecular formula is C16H25N3O. The maximum atomic E-state index is 5.32. The zero-order valence-corrected chi connectivity index (χ0v) is 12.9. The van der Waals surface area contributed by atoms with Gasteiger partial charge in [0.15, 0.2) is 0 Å². The largest absolute Gasteiger partial charge is 0.382 e. The van der Waals surface area contributed by atoms with Crippen LogP contribution in [0.4, 0.5) is 0 Å². The predicted octanol–water partition coefficient (Wildman–Crippen LogP) is 2.52. The Morgan fingerprint density at radius 3 is 2.70 bits per heavy atom. The van der Waals surface area contributed by atoms with Crippen LogP contribution in [0.3, 0.4) is 0 Å². The lowest BCUT2D eigenvalue weighted by molar-refractivity contribution is 0.106. The fraction of sp³-hybridized carbons (Fsp3) is 0.562. The van der Waals surface area contributed by atoms with Crippen LogP contribution in [0.1, 0.15) is 25.6 Å². The van der Waals surface area contributed by atoms with Gasteiger partial charge < -0.3 is 14.6 Å². The summed E-state index contributed by atoms with van der Waals surface area (Å²) in [5, 5.41) is 3.39. The van der Waals surface area contributed by atoms with E-state index in [1.165, 1.54) is 5.52 Å². The van der Waals surface area contributed by atoms with Crippen molar-refractivity contribution >= 4 is 11.0 Å². The van der Waals surface area contributed by atoms with Gasteiger partial charge in [-0.1, -0.05) is 12.1 Å². The Labute approximate surface area is 121 Å². The number of rotatable bonds is 7. The third kappa shape index (κ3) is 3.38. The first-order valence-corrected chi connectivity index (χ1v) is 7.26. The number of likely N-dealkylation sites (N-methyl/N-ethyl adjacent to an activating group) is 1. The van der Waals surface area contributed by atoms with Gasteiger partial charge in [-0.05, 0) is 38.9 Å². The van der Waals surface area contributed by atoms with E-state index in [1.807, 2.05) is 13.1 Å². The molecule has 0 amide bonds. The van der Waals surface area contributed by atoms with Crippen molar-refractivity contribution in [2.75, 3.05) is 14.2 Å². The van der Waals surface area contributed by atoms with E-state index in [0.717, 1.165) is 30.6 Å². The zero-order chi connectivity index (χ0) is 14.5. The Morgan fingerprint density at radius 1 is 1.30 bits per heavy atom. The Hall–Kier alpha value is -1.39. The van der Waals surface area contributed by atoms with E-state index >= 15 is 0 Å². The van der Waals surface area contributed by atoms with E-state index in [0.29, 0.717) is 12.1 Å². The van der Waals surface area contributed by atoms with Crippen molar-refractivity contribution in [3.63, 3.8) is 0 Å². The molecule has 0 saturated carbocycles. The standard InChI is InChI=1S/C16H25N3O/c1-12(20-4)9-10-13(17-2)11-16-18-14-7-5-6-8-15(14)19(16)3/h5-8,12-13,17H,9-11H2,1-4H3. The second-order valence-electron chi connectivity index (χ2n) is 5.39. The summed E-state index contributed by atoms with van der Waals surface area (Å²) in [5.41, 5.74) is 2.27. The van der Waals surface area contributed by atoms with Crippen LogP contribution in [0.2, 0.25) is 0 Å². The average molecular weight is 275 g/mol. The number of nitrogens with one attached hydrogen (secondary N) is 1. The number of nitrogens with zero attached hydrogens (tertiary/aromatic N) is 2. The lowest BCUT2D eigenvalue weighted by atomic mass is 10.1. The molecule has 0 bridgehead atoms. The molecule has 2 unspecified atom stereocenters. The SMILES string of the molecule is CNC(CCC(C)OC)Cc1nc2ccccc2n1C. The molecule has 2 atom stereocenters. The molecule has 0 aliphatic rings. The van der Waals surface area contributed by atoms with Gasteiger partial charge in [-0.15, -0.1) is 0 Å². The van der Waals surface area contributed by atoms with Crippen molar-refractivity contribution in [3.05, 3.63) is 30.1 Å². The van der Waals surface area contributed by atoms with Crippen LogP contribution in [0.15, 0.2) is 24.3 Å². The van der Waals surface area contributed by atoms with Crippen LogP contribution in [-0.4, -0.2) is 35.9 Å². The third-order valence-electron chi connectivity index (χ3n) is 4.04. The number of imidazole rings is 1. The van der Waals surface area contributed by atoms with Gasteiger partial charge >= 0.3 is 0 Å². The van der Waals surface area contributed by atoms with Crippen molar-refractivity contribution in [1.29, 1.82) is 0 Å². The van der Waals surface area contributed by atoms with Crippen molar-refractivity contribution in [3.8, 4) is 0 Å². The topological polar surface area (TPSA) is 39.1 Å². The van der Waals surface area contributed by atoms with Crippen LogP contribution in [0.25, 0.3) is 11.0 Å². The van der Waals surface area contributed by atoms with Crippen LogP contribution >= 0.6 is 0 Å². The highest BCUT2D eigenvalue weighted by molar-refractivity contribution is 5.75. The monoisotopic (exact) mass is 275 g/mol. The summed E-state index contributed by atoms with van der Waals surface area (Å²) >= 11 is 0. The normalized spacial score (nSPS) is 14.6. The summed E-state index contributed by atoms with van der Waals surface area (Å²) < 4.78 is 7.51. The molecule has 0 spiro atoms. The van der Waals surface area contributed by atoms with Gasteiger partial charge in [-0.3, -0.25) is 0 Å². The second-order valence-corrected chi connectivity index (χ2v) is 5.39. The van der Waals surface area contributed by atoms with Crippen molar-refractivity contribution < 1.29 is 4.74 Å².